The number of thiocarbonyl (C=S) groups is 1. The number of rotatable bonds is 5. The van der Waals surface area contributed by atoms with E-state index in [2.05, 4.69) is 0 Å². The van der Waals surface area contributed by atoms with E-state index in [0.29, 0.717) is 9.93 Å². The molecule has 0 spiro atoms. The van der Waals surface area contributed by atoms with Crippen molar-refractivity contribution in [1.29, 1.82) is 0 Å². The van der Waals surface area contributed by atoms with Gasteiger partial charge in [-0.15, -0.1) is 0 Å². The molecule has 132 valence electrons. The molecule has 0 saturated carbocycles. The van der Waals surface area contributed by atoms with E-state index >= 15 is 0 Å². The number of benzene rings is 2. The molecule has 1 aliphatic rings. The molecule has 4 nitrogen and oxygen atoms in total. The number of hydrogen-bond acceptors (Lipinski definition) is 6. The molecule has 0 aliphatic carbocycles. The molecule has 1 amide bonds. The maximum atomic E-state index is 12.2. The number of aliphatic carboxylic acids is 1. The van der Waals surface area contributed by atoms with Crippen molar-refractivity contribution >= 4 is 69.6 Å². The van der Waals surface area contributed by atoms with Crippen LogP contribution in [0.15, 0.2) is 63.2 Å². The van der Waals surface area contributed by atoms with Crippen LogP contribution in [0.4, 0.5) is 0 Å². The number of thioether (sulfide) groups is 1. The Kier molecular flexibility index (Phi) is 6.03. The molecule has 0 unspecified atom stereocenters. The van der Waals surface area contributed by atoms with Crippen LogP contribution in [0.2, 0.25) is 5.02 Å². The fraction of sp³-hybridized carbons (Fsp3) is 0.0556. The second-order valence-corrected chi connectivity index (χ2v) is 8.52. The molecule has 26 heavy (non-hydrogen) atoms. The summed E-state index contributed by atoms with van der Waals surface area (Å²) in [5.41, 5.74) is 0.833. The van der Waals surface area contributed by atoms with Gasteiger partial charge in [-0.25, -0.2) is 0 Å². The fourth-order valence-electron chi connectivity index (χ4n) is 2.19. The quantitative estimate of drug-likeness (QED) is 0.545. The van der Waals surface area contributed by atoms with Gasteiger partial charge in [0.05, 0.1) is 17.4 Å². The third-order valence-corrected chi connectivity index (χ3v) is 6.03. The lowest BCUT2D eigenvalue weighted by atomic mass is 10.2. The number of nitrogens with zero attached hydrogens (tertiary/aromatic N) is 1. The van der Waals surface area contributed by atoms with Gasteiger partial charge in [0.25, 0.3) is 5.91 Å². The molecule has 1 aliphatic heterocycles. The maximum Gasteiger partial charge on any atom is 0.266 e. The largest absolute Gasteiger partial charge is 0.548 e. The summed E-state index contributed by atoms with van der Waals surface area (Å²) in [7, 11) is 0. The predicted octanol–water partition coefficient (Wildman–Crippen LogP) is 3.44. The molecule has 0 bridgehead atoms. The van der Waals surface area contributed by atoms with Crippen LogP contribution in [0.5, 0.6) is 0 Å². The summed E-state index contributed by atoms with van der Waals surface area (Å²) in [6.45, 7) is -0.529. The predicted molar refractivity (Wildman–Crippen MR) is 107 cm³/mol. The van der Waals surface area contributed by atoms with Crippen molar-refractivity contribution in [3.63, 3.8) is 0 Å². The van der Waals surface area contributed by atoms with Gasteiger partial charge >= 0.3 is 0 Å². The Morgan fingerprint density at radius 1 is 1.15 bits per heavy atom. The number of amides is 1. The van der Waals surface area contributed by atoms with Gasteiger partial charge in [-0.2, -0.15) is 0 Å². The Balaban J connectivity index is 1.71. The summed E-state index contributed by atoms with van der Waals surface area (Å²) in [4.78, 5) is 26.5. The zero-order valence-corrected chi connectivity index (χ0v) is 16.4. The lowest BCUT2D eigenvalue weighted by Crippen LogP contribution is -2.40. The van der Waals surface area contributed by atoms with E-state index in [9.17, 15) is 14.7 Å². The minimum absolute atomic E-state index is 0.223. The van der Waals surface area contributed by atoms with Crippen LogP contribution in [0, 0.1) is 0 Å². The summed E-state index contributed by atoms with van der Waals surface area (Å²) in [6, 6.07) is 15.3. The van der Waals surface area contributed by atoms with Crippen molar-refractivity contribution < 1.29 is 14.7 Å². The van der Waals surface area contributed by atoms with Gasteiger partial charge in [-0.05, 0) is 48.0 Å². The monoisotopic (exact) mass is 420 g/mol. The van der Waals surface area contributed by atoms with Crippen LogP contribution in [-0.4, -0.2) is 27.6 Å². The number of carboxylic acids is 1. The van der Waals surface area contributed by atoms with Crippen molar-refractivity contribution in [2.45, 2.75) is 9.79 Å². The Morgan fingerprint density at radius 2 is 1.73 bits per heavy atom. The first kappa shape index (κ1) is 19.0. The zero-order valence-electron chi connectivity index (χ0n) is 13.2. The van der Waals surface area contributed by atoms with E-state index < -0.39 is 18.4 Å². The summed E-state index contributed by atoms with van der Waals surface area (Å²) >= 11 is 13.6. The fourth-order valence-corrected chi connectivity index (χ4v) is 4.39. The molecule has 1 fully saturated rings. The summed E-state index contributed by atoms with van der Waals surface area (Å²) in [6.07, 6.45) is 1.70. The highest BCUT2D eigenvalue weighted by Gasteiger charge is 2.31. The smallest absolute Gasteiger partial charge is 0.266 e. The van der Waals surface area contributed by atoms with Gasteiger partial charge in [0.1, 0.15) is 4.32 Å². The average molecular weight is 421 g/mol. The molecular weight excluding hydrogens is 410 g/mol. The molecule has 8 heteroatoms. The average Bonchev–Trinajstić information content (AvgIpc) is 2.86. The van der Waals surface area contributed by atoms with Crippen molar-refractivity contribution in [2.75, 3.05) is 6.54 Å². The molecular formula is C18H11ClNO3S3-. The van der Waals surface area contributed by atoms with Gasteiger partial charge in [0.2, 0.25) is 0 Å². The number of hydrogen-bond donors (Lipinski definition) is 0. The molecule has 0 N–H and O–H groups in total. The lowest BCUT2D eigenvalue weighted by Gasteiger charge is -2.14. The van der Waals surface area contributed by atoms with E-state index in [-0.39, 0.29) is 4.32 Å². The van der Waals surface area contributed by atoms with Crippen LogP contribution in [0.3, 0.4) is 0 Å². The number of halogens is 1. The highest BCUT2D eigenvalue weighted by atomic mass is 35.5. The highest BCUT2D eigenvalue weighted by Crippen LogP contribution is 2.33. The molecule has 3 rings (SSSR count). The Labute approximate surface area is 169 Å². The topological polar surface area (TPSA) is 60.4 Å². The Bertz CT molecular complexity index is 895. The minimum Gasteiger partial charge on any atom is -0.548 e. The molecule has 2 aromatic rings. The van der Waals surface area contributed by atoms with E-state index in [1.807, 2.05) is 48.5 Å². The number of carboxylic acid groups (broad SMARTS) is 1. The summed E-state index contributed by atoms with van der Waals surface area (Å²) < 4.78 is 0.223. The summed E-state index contributed by atoms with van der Waals surface area (Å²) in [5, 5.41) is 11.4. The first-order valence-electron chi connectivity index (χ1n) is 7.41. The second kappa shape index (κ2) is 8.26. The Hall–Kier alpha value is -1.80. The minimum atomic E-state index is -1.34. The first-order valence-corrected chi connectivity index (χ1v) is 9.83. The second-order valence-electron chi connectivity index (χ2n) is 5.26. The van der Waals surface area contributed by atoms with Crippen LogP contribution in [0.1, 0.15) is 5.56 Å². The van der Waals surface area contributed by atoms with Crippen LogP contribution >= 0.6 is 47.3 Å². The standard InChI is InChI=1S/C18H12ClNO3S3/c19-12-3-7-14(8-4-12)25-13-5-1-11(2-6-13)9-15-17(23)20(10-16(21)22)18(24)26-15/h1-9H,10H2,(H,21,22)/p-1/b15-9+. The van der Waals surface area contributed by atoms with E-state index in [0.717, 1.165) is 32.0 Å². The van der Waals surface area contributed by atoms with Crippen molar-refractivity contribution in [1.82, 2.24) is 4.90 Å². The normalized spacial score (nSPS) is 15.7. The maximum absolute atomic E-state index is 12.2. The molecule has 1 heterocycles. The summed E-state index contributed by atoms with van der Waals surface area (Å²) in [5.74, 6) is -1.75. The molecule has 0 aromatic heterocycles. The van der Waals surface area contributed by atoms with Gasteiger partial charge in [-0.1, -0.05) is 59.5 Å². The van der Waals surface area contributed by atoms with Crippen LogP contribution < -0.4 is 5.11 Å². The number of carbonyl (C=O) groups is 2. The van der Waals surface area contributed by atoms with Gasteiger partial charge in [0.15, 0.2) is 0 Å². The first-order chi connectivity index (χ1) is 12.4. The van der Waals surface area contributed by atoms with E-state index in [1.54, 1.807) is 17.8 Å². The lowest BCUT2D eigenvalue weighted by molar-refractivity contribution is -0.305. The van der Waals surface area contributed by atoms with E-state index in [1.165, 1.54) is 0 Å². The Morgan fingerprint density at radius 3 is 2.31 bits per heavy atom. The van der Waals surface area contributed by atoms with Gasteiger partial charge in [-0.3, -0.25) is 9.69 Å². The molecule has 2 aromatic carbocycles. The van der Waals surface area contributed by atoms with Crippen LogP contribution in [-0.2, 0) is 9.59 Å². The van der Waals surface area contributed by atoms with Crippen LogP contribution in [0.25, 0.3) is 6.08 Å². The molecule has 1 saturated heterocycles. The van der Waals surface area contributed by atoms with Crippen molar-refractivity contribution in [3.05, 3.63) is 64.0 Å². The highest BCUT2D eigenvalue weighted by molar-refractivity contribution is 8.26. The SMILES string of the molecule is O=C([O-])CN1C(=O)/C(=C\c2ccc(Sc3ccc(Cl)cc3)cc2)SC1=S. The molecule has 0 radical (unpaired) electrons. The zero-order chi connectivity index (χ0) is 18.7. The number of carbonyl (C=O) groups excluding carboxylic acids is 2. The van der Waals surface area contributed by atoms with E-state index in [4.69, 9.17) is 23.8 Å². The molecule has 0 atom stereocenters. The third kappa shape index (κ3) is 4.67. The third-order valence-electron chi connectivity index (χ3n) is 3.39. The van der Waals surface area contributed by atoms with Crippen molar-refractivity contribution in [3.8, 4) is 0 Å². The van der Waals surface area contributed by atoms with Crippen molar-refractivity contribution in [2.24, 2.45) is 0 Å². The van der Waals surface area contributed by atoms with Gasteiger partial charge < -0.3 is 9.90 Å². The van der Waals surface area contributed by atoms with Gasteiger partial charge in [0, 0.05) is 14.8 Å².